The summed E-state index contributed by atoms with van der Waals surface area (Å²) in [4.78, 5) is 18.0. The fourth-order valence-electron chi connectivity index (χ4n) is 4.55. The second kappa shape index (κ2) is 9.71. The summed E-state index contributed by atoms with van der Waals surface area (Å²) in [6, 6.07) is 9.29. The van der Waals surface area contributed by atoms with Crippen LogP contribution in [0.25, 0.3) is 0 Å². The third-order valence-corrected chi connectivity index (χ3v) is 6.67. The van der Waals surface area contributed by atoms with E-state index >= 15 is 0 Å². The molecule has 1 atom stereocenters. The van der Waals surface area contributed by atoms with Crippen LogP contribution in [0.2, 0.25) is 5.02 Å². The van der Waals surface area contributed by atoms with E-state index in [0.717, 1.165) is 23.4 Å². The van der Waals surface area contributed by atoms with Gasteiger partial charge in [0.25, 0.3) is 0 Å². The van der Waals surface area contributed by atoms with Gasteiger partial charge in [-0.25, -0.2) is 9.38 Å². The van der Waals surface area contributed by atoms with Crippen LogP contribution in [0, 0.1) is 5.82 Å². The number of halogens is 5. The Morgan fingerprint density at radius 2 is 1.94 bits per heavy atom. The van der Waals surface area contributed by atoms with Crippen LogP contribution >= 0.6 is 11.6 Å². The summed E-state index contributed by atoms with van der Waals surface area (Å²) < 4.78 is 61.0. The van der Waals surface area contributed by atoms with Crippen LogP contribution in [0.5, 0.6) is 0 Å². The highest BCUT2D eigenvalue weighted by Crippen LogP contribution is 2.31. The van der Waals surface area contributed by atoms with Crippen molar-refractivity contribution < 1.29 is 22.3 Å². The lowest BCUT2D eigenvalue weighted by atomic mass is 10.00. The highest BCUT2D eigenvalue weighted by atomic mass is 35.5. The molecule has 5 rings (SSSR count). The Hall–Kier alpha value is -3.17. The van der Waals surface area contributed by atoms with Crippen molar-refractivity contribution in [2.24, 2.45) is 4.99 Å². The number of benzene rings is 2. The molecule has 1 unspecified atom stereocenters. The Morgan fingerprint density at radius 1 is 1.17 bits per heavy atom. The van der Waals surface area contributed by atoms with Crippen molar-refractivity contribution in [2.75, 3.05) is 13.2 Å². The SMILES string of the molecule is O=c1c(C2COC(Cc3ccc(Cl)cc3)=N2)cn(Cc2ccc(C(F)(F)F)cc2F)c2c1CNCC2. The van der Waals surface area contributed by atoms with Gasteiger partial charge in [0.15, 0.2) is 11.3 Å². The molecule has 0 amide bonds. The van der Waals surface area contributed by atoms with E-state index in [1.807, 2.05) is 12.1 Å². The Morgan fingerprint density at radius 3 is 2.67 bits per heavy atom. The van der Waals surface area contributed by atoms with E-state index in [0.29, 0.717) is 54.0 Å². The van der Waals surface area contributed by atoms with E-state index in [9.17, 15) is 22.4 Å². The van der Waals surface area contributed by atoms with Gasteiger partial charge in [-0.3, -0.25) is 4.79 Å². The largest absolute Gasteiger partial charge is 0.478 e. The molecule has 0 bridgehead atoms. The first kappa shape index (κ1) is 24.5. The molecule has 1 N–H and O–H groups in total. The normalized spacial score (nSPS) is 17.5. The van der Waals surface area contributed by atoms with E-state index in [1.54, 1.807) is 22.9 Å². The fourth-order valence-corrected chi connectivity index (χ4v) is 4.68. The van der Waals surface area contributed by atoms with Crippen LogP contribution < -0.4 is 10.7 Å². The average molecular weight is 520 g/mol. The molecule has 5 nitrogen and oxygen atoms in total. The van der Waals surface area contributed by atoms with Crippen LogP contribution in [0.4, 0.5) is 17.6 Å². The van der Waals surface area contributed by atoms with Crippen LogP contribution in [0.3, 0.4) is 0 Å². The second-order valence-corrected chi connectivity index (χ2v) is 9.29. The van der Waals surface area contributed by atoms with Gasteiger partial charge in [0.05, 0.1) is 12.1 Å². The predicted octanol–water partition coefficient (Wildman–Crippen LogP) is 5.07. The number of hydrogen-bond donors (Lipinski definition) is 1. The maximum absolute atomic E-state index is 14.6. The molecule has 36 heavy (non-hydrogen) atoms. The zero-order valence-corrected chi connectivity index (χ0v) is 19.8. The van der Waals surface area contributed by atoms with Crippen LogP contribution in [0.15, 0.2) is 58.4 Å². The first-order valence-corrected chi connectivity index (χ1v) is 11.8. The molecule has 0 saturated carbocycles. The number of nitrogens with one attached hydrogen (secondary N) is 1. The molecular weight excluding hydrogens is 498 g/mol. The van der Waals surface area contributed by atoms with Gasteiger partial charge < -0.3 is 14.6 Å². The smallest absolute Gasteiger partial charge is 0.416 e. The standard InChI is InChI=1S/C26H22ClF4N3O2/c27-18-5-1-15(2-6-18)9-24-33-22(14-36-24)20-13-34(23-7-8-32-11-19(23)25(20)35)12-16-3-4-17(10-21(16)28)26(29,30)31/h1-6,10,13,22,32H,7-9,11-12,14H2. The monoisotopic (exact) mass is 519 g/mol. The molecule has 188 valence electrons. The van der Waals surface area contributed by atoms with E-state index in [4.69, 9.17) is 16.3 Å². The number of alkyl halides is 3. The van der Waals surface area contributed by atoms with Crippen molar-refractivity contribution in [3.8, 4) is 0 Å². The molecule has 0 spiro atoms. The fraction of sp³-hybridized carbons (Fsp3) is 0.308. The Kier molecular flexibility index (Phi) is 6.61. The van der Waals surface area contributed by atoms with E-state index in [2.05, 4.69) is 10.3 Å². The second-order valence-electron chi connectivity index (χ2n) is 8.85. The van der Waals surface area contributed by atoms with Crippen molar-refractivity contribution in [1.29, 1.82) is 0 Å². The number of aliphatic imine (C=N–C) groups is 1. The Balaban J connectivity index is 1.47. The maximum atomic E-state index is 14.6. The summed E-state index contributed by atoms with van der Waals surface area (Å²) in [6.07, 6.45) is -1.99. The number of fused-ring (bicyclic) bond motifs is 1. The molecule has 2 aliphatic rings. The number of aromatic nitrogens is 1. The molecule has 0 radical (unpaired) electrons. The van der Waals surface area contributed by atoms with Crippen LogP contribution in [0.1, 0.15) is 39.6 Å². The zero-order chi connectivity index (χ0) is 25.4. The van der Waals surface area contributed by atoms with Gasteiger partial charge in [0, 0.05) is 59.5 Å². The summed E-state index contributed by atoms with van der Waals surface area (Å²) in [6.45, 7) is 1.18. The zero-order valence-electron chi connectivity index (χ0n) is 19.0. The lowest BCUT2D eigenvalue weighted by Crippen LogP contribution is -2.34. The average Bonchev–Trinajstić information content (AvgIpc) is 3.31. The molecule has 0 saturated heterocycles. The molecule has 3 heterocycles. The quantitative estimate of drug-likeness (QED) is 0.479. The van der Waals surface area contributed by atoms with Gasteiger partial charge in [-0.2, -0.15) is 13.2 Å². The van der Waals surface area contributed by atoms with E-state index < -0.39 is 23.6 Å². The van der Waals surface area contributed by atoms with E-state index in [1.165, 1.54) is 0 Å². The minimum absolute atomic E-state index is 0.00545. The lowest BCUT2D eigenvalue weighted by molar-refractivity contribution is -0.137. The van der Waals surface area contributed by atoms with Gasteiger partial charge in [0.2, 0.25) is 0 Å². The molecule has 2 aliphatic heterocycles. The first-order valence-electron chi connectivity index (χ1n) is 11.4. The summed E-state index contributed by atoms with van der Waals surface area (Å²) >= 11 is 5.94. The van der Waals surface area contributed by atoms with Gasteiger partial charge in [-0.1, -0.05) is 29.8 Å². The van der Waals surface area contributed by atoms with Crippen molar-refractivity contribution in [1.82, 2.24) is 9.88 Å². The summed E-state index contributed by atoms with van der Waals surface area (Å²) in [5.41, 5.74) is 1.60. The number of pyridine rings is 1. The molecule has 0 fully saturated rings. The van der Waals surface area contributed by atoms with Crippen molar-refractivity contribution in [3.63, 3.8) is 0 Å². The van der Waals surface area contributed by atoms with Crippen LogP contribution in [-0.4, -0.2) is 23.6 Å². The predicted molar refractivity (Wildman–Crippen MR) is 128 cm³/mol. The summed E-state index contributed by atoms with van der Waals surface area (Å²) in [7, 11) is 0. The number of hydrogen-bond acceptors (Lipinski definition) is 4. The maximum Gasteiger partial charge on any atom is 0.416 e. The molecule has 10 heteroatoms. The Bertz CT molecular complexity index is 1380. The Labute approximate surface area is 209 Å². The minimum Gasteiger partial charge on any atom is -0.478 e. The molecule has 2 aromatic carbocycles. The van der Waals surface area contributed by atoms with Crippen molar-refractivity contribution >= 4 is 17.5 Å². The molecule has 0 aliphatic carbocycles. The first-order chi connectivity index (χ1) is 17.2. The van der Waals surface area contributed by atoms with Gasteiger partial charge in [-0.05, 0) is 29.8 Å². The third-order valence-electron chi connectivity index (χ3n) is 6.42. The molecular formula is C26H22ClF4N3O2. The van der Waals surface area contributed by atoms with Gasteiger partial charge in [-0.15, -0.1) is 0 Å². The third kappa shape index (κ3) is 5.03. The number of rotatable bonds is 5. The minimum atomic E-state index is -4.63. The lowest BCUT2D eigenvalue weighted by Gasteiger charge is -2.24. The van der Waals surface area contributed by atoms with Crippen LogP contribution in [-0.2, 0) is 36.8 Å². The summed E-state index contributed by atoms with van der Waals surface area (Å²) in [5, 5.41) is 3.81. The van der Waals surface area contributed by atoms with Gasteiger partial charge in [0.1, 0.15) is 18.5 Å². The topological polar surface area (TPSA) is 55.6 Å². The molecule has 1 aromatic heterocycles. The van der Waals surface area contributed by atoms with E-state index in [-0.39, 0.29) is 24.1 Å². The van der Waals surface area contributed by atoms with Gasteiger partial charge >= 0.3 is 6.18 Å². The van der Waals surface area contributed by atoms with Crippen molar-refractivity contribution in [3.05, 3.63) is 103 Å². The highest BCUT2D eigenvalue weighted by Gasteiger charge is 2.31. The molecule has 3 aromatic rings. The number of ether oxygens (including phenoxy) is 1. The summed E-state index contributed by atoms with van der Waals surface area (Å²) in [5.74, 6) is -0.446. The van der Waals surface area contributed by atoms with Crippen molar-refractivity contribution in [2.45, 2.75) is 38.1 Å². The number of nitrogens with zero attached hydrogens (tertiary/aromatic N) is 2. The highest BCUT2D eigenvalue weighted by molar-refractivity contribution is 6.30.